The molecule has 0 aliphatic carbocycles. The SMILES string of the molecule is CCc1nc([C@@H]2CN(CC(=O)NCc3c(C)noc3C)CCO2)n[nH]1. The fourth-order valence-corrected chi connectivity index (χ4v) is 2.81. The molecular weight excluding hydrogens is 324 g/mol. The van der Waals surface area contributed by atoms with Crippen molar-refractivity contribution in [3.63, 3.8) is 0 Å². The van der Waals surface area contributed by atoms with E-state index < -0.39 is 0 Å². The van der Waals surface area contributed by atoms with Gasteiger partial charge in [0, 0.05) is 31.6 Å². The number of hydrogen-bond donors (Lipinski definition) is 2. The van der Waals surface area contributed by atoms with Crippen LogP contribution in [-0.4, -0.2) is 57.4 Å². The number of aryl methyl sites for hydroxylation is 3. The number of hydrogen-bond acceptors (Lipinski definition) is 7. The van der Waals surface area contributed by atoms with Gasteiger partial charge in [0.1, 0.15) is 17.7 Å². The van der Waals surface area contributed by atoms with Crippen molar-refractivity contribution in [1.82, 2.24) is 30.6 Å². The Balaban J connectivity index is 1.51. The molecule has 3 rings (SSSR count). The van der Waals surface area contributed by atoms with Crippen LogP contribution in [0.15, 0.2) is 4.52 Å². The first kappa shape index (κ1) is 17.6. The number of aromatic amines is 1. The van der Waals surface area contributed by atoms with Gasteiger partial charge in [0.25, 0.3) is 0 Å². The number of H-pyrrole nitrogens is 1. The van der Waals surface area contributed by atoms with Gasteiger partial charge in [-0.2, -0.15) is 5.10 Å². The average Bonchev–Trinajstić information content (AvgIpc) is 3.21. The molecule has 1 aliphatic rings. The number of morpholine rings is 1. The minimum absolute atomic E-state index is 0.0371. The third-order valence-electron chi connectivity index (χ3n) is 4.33. The van der Waals surface area contributed by atoms with Crippen LogP contribution in [0.1, 0.15) is 41.7 Å². The fraction of sp³-hybridized carbons (Fsp3) is 0.625. The van der Waals surface area contributed by atoms with Crippen molar-refractivity contribution in [3.8, 4) is 0 Å². The first-order valence-electron chi connectivity index (χ1n) is 8.50. The van der Waals surface area contributed by atoms with E-state index in [1.165, 1.54) is 0 Å². The highest BCUT2D eigenvalue weighted by molar-refractivity contribution is 5.78. The van der Waals surface area contributed by atoms with E-state index in [0.29, 0.717) is 38.6 Å². The number of amides is 1. The van der Waals surface area contributed by atoms with Crippen molar-refractivity contribution < 1.29 is 14.1 Å². The minimum Gasteiger partial charge on any atom is -0.367 e. The van der Waals surface area contributed by atoms with E-state index in [9.17, 15) is 4.79 Å². The van der Waals surface area contributed by atoms with Crippen molar-refractivity contribution in [2.24, 2.45) is 0 Å². The van der Waals surface area contributed by atoms with E-state index in [1.807, 2.05) is 20.8 Å². The summed E-state index contributed by atoms with van der Waals surface area (Å²) in [7, 11) is 0. The molecule has 0 bridgehead atoms. The maximum absolute atomic E-state index is 12.2. The van der Waals surface area contributed by atoms with Crippen LogP contribution in [0.5, 0.6) is 0 Å². The van der Waals surface area contributed by atoms with E-state index in [2.05, 4.69) is 30.6 Å². The van der Waals surface area contributed by atoms with Crippen molar-refractivity contribution in [2.75, 3.05) is 26.2 Å². The van der Waals surface area contributed by atoms with Gasteiger partial charge in [-0.25, -0.2) is 4.98 Å². The molecule has 2 aromatic rings. The number of ether oxygens (including phenoxy) is 1. The van der Waals surface area contributed by atoms with E-state index in [4.69, 9.17) is 9.26 Å². The molecule has 2 N–H and O–H groups in total. The molecule has 3 heterocycles. The maximum atomic E-state index is 12.2. The molecule has 25 heavy (non-hydrogen) atoms. The van der Waals surface area contributed by atoms with Crippen molar-refractivity contribution in [2.45, 2.75) is 39.8 Å². The predicted octanol–water partition coefficient (Wildman–Crippen LogP) is 0.662. The Bertz CT molecular complexity index is 706. The molecule has 0 spiro atoms. The first-order valence-corrected chi connectivity index (χ1v) is 8.50. The van der Waals surface area contributed by atoms with E-state index >= 15 is 0 Å². The Hall–Kier alpha value is -2.26. The predicted molar refractivity (Wildman–Crippen MR) is 88.7 cm³/mol. The molecule has 1 saturated heterocycles. The second kappa shape index (κ2) is 7.75. The largest absolute Gasteiger partial charge is 0.367 e. The Morgan fingerprint density at radius 2 is 2.28 bits per heavy atom. The molecule has 0 aromatic carbocycles. The normalized spacial score (nSPS) is 18.4. The zero-order valence-corrected chi connectivity index (χ0v) is 14.8. The van der Waals surface area contributed by atoms with Crippen LogP contribution in [0.4, 0.5) is 0 Å². The van der Waals surface area contributed by atoms with Crippen molar-refractivity contribution in [1.29, 1.82) is 0 Å². The number of nitrogens with one attached hydrogen (secondary N) is 2. The van der Waals surface area contributed by atoms with Gasteiger partial charge < -0.3 is 14.6 Å². The van der Waals surface area contributed by atoms with Crippen LogP contribution in [0.3, 0.4) is 0 Å². The van der Waals surface area contributed by atoms with Gasteiger partial charge in [-0.05, 0) is 13.8 Å². The van der Waals surface area contributed by atoms with Gasteiger partial charge in [-0.3, -0.25) is 14.8 Å². The summed E-state index contributed by atoms with van der Waals surface area (Å²) in [6, 6.07) is 0. The van der Waals surface area contributed by atoms with Crippen LogP contribution in [0.2, 0.25) is 0 Å². The molecule has 1 aliphatic heterocycles. The van der Waals surface area contributed by atoms with Gasteiger partial charge in [-0.1, -0.05) is 12.1 Å². The molecule has 1 fully saturated rings. The number of carbonyl (C=O) groups is 1. The zero-order valence-electron chi connectivity index (χ0n) is 14.8. The van der Waals surface area contributed by atoms with Crippen molar-refractivity contribution in [3.05, 3.63) is 28.7 Å². The Labute approximate surface area is 146 Å². The topological polar surface area (TPSA) is 109 Å². The molecule has 9 nitrogen and oxygen atoms in total. The lowest BCUT2D eigenvalue weighted by molar-refractivity contribution is -0.124. The summed E-state index contributed by atoms with van der Waals surface area (Å²) < 4.78 is 10.9. The van der Waals surface area contributed by atoms with Gasteiger partial charge in [-0.15, -0.1) is 0 Å². The first-order chi connectivity index (χ1) is 12.1. The number of aromatic nitrogens is 4. The summed E-state index contributed by atoms with van der Waals surface area (Å²) in [4.78, 5) is 18.7. The number of rotatable bonds is 6. The summed E-state index contributed by atoms with van der Waals surface area (Å²) in [5.74, 6) is 2.19. The standard InChI is InChI=1S/C16H24N6O3/c1-4-14-18-16(20-19-14)13-8-22(5-6-24-13)9-15(23)17-7-12-10(2)21-25-11(12)3/h13H,4-9H2,1-3H3,(H,17,23)(H,18,19,20)/t13-/m0/s1. The number of carbonyl (C=O) groups excluding carboxylic acids is 1. The lowest BCUT2D eigenvalue weighted by Crippen LogP contribution is -2.44. The Kier molecular flexibility index (Phi) is 5.44. The highest BCUT2D eigenvalue weighted by Crippen LogP contribution is 2.19. The van der Waals surface area contributed by atoms with E-state index in [0.717, 1.165) is 29.3 Å². The molecule has 0 radical (unpaired) electrons. The third kappa shape index (κ3) is 4.23. The van der Waals surface area contributed by atoms with Crippen LogP contribution >= 0.6 is 0 Å². The molecule has 1 atom stereocenters. The summed E-state index contributed by atoms with van der Waals surface area (Å²) in [6.45, 7) is 8.32. The third-order valence-corrected chi connectivity index (χ3v) is 4.33. The van der Waals surface area contributed by atoms with Gasteiger partial charge in [0.05, 0.1) is 18.8 Å². The lowest BCUT2D eigenvalue weighted by Gasteiger charge is -2.30. The Morgan fingerprint density at radius 3 is 2.96 bits per heavy atom. The van der Waals surface area contributed by atoms with Crippen LogP contribution < -0.4 is 5.32 Å². The second-order valence-electron chi connectivity index (χ2n) is 6.17. The van der Waals surface area contributed by atoms with Crippen LogP contribution in [0.25, 0.3) is 0 Å². The molecule has 136 valence electrons. The summed E-state index contributed by atoms with van der Waals surface area (Å²) in [5.41, 5.74) is 1.74. The highest BCUT2D eigenvalue weighted by atomic mass is 16.5. The van der Waals surface area contributed by atoms with Crippen LogP contribution in [0, 0.1) is 13.8 Å². The van der Waals surface area contributed by atoms with E-state index in [1.54, 1.807) is 0 Å². The lowest BCUT2D eigenvalue weighted by atomic mass is 10.2. The smallest absolute Gasteiger partial charge is 0.234 e. The van der Waals surface area contributed by atoms with Crippen LogP contribution in [-0.2, 0) is 22.5 Å². The van der Waals surface area contributed by atoms with Gasteiger partial charge >= 0.3 is 0 Å². The minimum atomic E-state index is -0.208. The molecular formula is C16H24N6O3. The number of nitrogens with zero attached hydrogens (tertiary/aromatic N) is 4. The molecule has 2 aromatic heterocycles. The second-order valence-corrected chi connectivity index (χ2v) is 6.17. The van der Waals surface area contributed by atoms with Crippen molar-refractivity contribution >= 4 is 5.91 Å². The Morgan fingerprint density at radius 1 is 1.44 bits per heavy atom. The zero-order chi connectivity index (χ0) is 17.8. The average molecular weight is 348 g/mol. The highest BCUT2D eigenvalue weighted by Gasteiger charge is 2.26. The monoisotopic (exact) mass is 348 g/mol. The summed E-state index contributed by atoms with van der Waals surface area (Å²) >= 11 is 0. The fourth-order valence-electron chi connectivity index (χ4n) is 2.81. The summed E-state index contributed by atoms with van der Waals surface area (Å²) in [5, 5.41) is 13.9. The quantitative estimate of drug-likeness (QED) is 0.789. The van der Waals surface area contributed by atoms with Gasteiger partial charge in [0.15, 0.2) is 5.82 Å². The molecule has 1 amide bonds. The summed E-state index contributed by atoms with van der Waals surface area (Å²) in [6.07, 6.45) is 0.591. The van der Waals surface area contributed by atoms with E-state index in [-0.39, 0.29) is 12.0 Å². The molecule has 0 unspecified atom stereocenters. The van der Waals surface area contributed by atoms with Gasteiger partial charge in [0.2, 0.25) is 5.91 Å². The maximum Gasteiger partial charge on any atom is 0.234 e. The molecule has 9 heteroatoms. The molecule has 0 saturated carbocycles.